The van der Waals surface area contributed by atoms with Crippen molar-refractivity contribution in [2.24, 2.45) is 5.92 Å². The van der Waals surface area contributed by atoms with E-state index < -0.39 is 24.0 Å². The van der Waals surface area contributed by atoms with E-state index in [-0.39, 0.29) is 5.91 Å². The van der Waals surface area contributed by atoms with Crippen LogP contribution in [0.15, 0.2) is 66.7 Å². The zero-order chi connectivity index (χ0) is 26.1. The summed E-state index contributed by atoms with van der Waals surface area (Å²) < 4.78 is 22.5. The highest BCUT2D eigenvalue weighted by atomic mass is 16.7. The second kappa shape index (κ2) is 10.0. The monoisotopic (exact) mass is 504 g/mol. The van der Waals surface area contributed by atoms with Crippen molar-refractivity contribution >= 4 is 23.2 Å². The topological polar surface area (TPSA) is 86.8 Å². The lowest BCUT2D eigenvalue weighted by Gasteiger charge is -2.30. The van der Waals surface area contributed by atoms with Crippen LogP contribution in [0, 0.1) is 5.92 Å². The molecule has 0 N–H and O–H groups in total. The van der Waals surface area contributed by atoms with Gasteiger partial charge in [-0.05, 0) is 43.3 Å². The molecule has 2 fully saturated rings. The van der Waals surface area contributed by atoms with Gasteiger partial charge in [-0.25, -0.2) is 9.96 Å². The minimum Gasteiger partial charge on any atom is -0.493 e. The molecule has 2 amide bonds. The number of benzene rings is 3. The molecule has 0 aromatic heterocycles. The molecule has 3 atom stereocenters. The molecule has 2 aliphatic rings. The minimum absolute atomic E-state index is 0.384. The number of anilines is 2. The Morgan fingerprint density at radius 1 is 0.784 bits per heavy atom. The van der Waals surface area contributed by atoms with Gasteiger partial charge in [-0.2, -0.15) is 0 Å². The van der Waals surface area contributed by atoms with Gasteiger partial charge in [0.25, 0.3) is 5.91 Å². The molecule has 0 bridgehead atoms. The van der Waals surface area contributed by atoms with E-state index in [1.807, 2.05) is 37.3 Å². The second-order valence-corrected chi connectivity index (χ2v) is 8.49. The van der Waals surface area contributed by atoms with E-state index in [4.69, 9.17) is 23.8 Å². The van der Waals surface area contributed by atoms with Gasteiger partial charge in [-0.1, -0.05) is 30.3 Å². The average Bonchev–Trinajstić information content (AvgIpc) is 3.44. The van der Waals surface area contributed by atoms with E-state index in [2.05, 4.69) is 0 Å². The Balaban J connectivity index is 1.66. The molecule has 0 aliphatic carbocycles. The van der Waals surface area contributed by atoms with Crippen molar-refractivity contribution in [3.8, 4) is 23.0 Å². The van der Waals surface area contributed by atoms with E-state index in [1.54, 1.807) is 41.5 Å². The van der Waals surface area contributed by atoms with Crippen molar-refractivity contribution in [3.05, 3.63) is 72.3 Å². The first-order valence-electron chi connectivity index (χ1n) is 11.9. The third-order valence-electron chi connectivity index (χ3n) is 6.59. The first kappa shape index (κ1) is 24.5. The number of amides is 2. The summed E-state index contributed by atoms with van der Waals surface area (Å²) in [5.41, 5.74) is 1.71. The number of ether oxygens (including phenoxy) is 4. The van der Waals surface area contributed by atoms with E-state index in [0.29, 0.717) is 46.5 Å². The highest BCUT2D eigenvalue weighted by Crippen LogP contribution is 2.53. The van der Waals surface area contributed by atoms with Crippen molar-refractivity contribution in [2.75, 3.05) is 37.9 Å². The number of hydrogen-bond acceptors (Lipinski definition) is 8. The Hall–Kier alpha value is -4.24. The summed E-state index contributed by atoms with van der Waals surface area (Å²) in [7, 11) is 4.58. The van der Waals surface area contributed by atoms with Crippen molar-refractivity contribution in [2.45, 2.75) is 19.1 Å². The fourth-order valence-electron chi connectivity index (χ4n) is 5.04. The molecule has 9 heteroatoms. The van der Waals surface area contributed by atoms with Gasteiger partial charge in [0.1, 0.15) is 17.7 Å². The van der Waals surface area contributed by atoms with Crippen LogP contribution in [0.4, 0.5) is 11.4 Å². The maximum absolute atomic E-state index is 14.0. The minimum atomic E-state index is -1.04. The molecule has 2 heterocycles. The second-order valence-electron chi connectivity index (χ2n) is 8.49. The summed E-state index contributed by atoms with van der Waals surface area (Å²) in [5.74, 6) is 0.0133. The fourth-order valence-corrected chi connectivity index (χ4v) is 5.04. The zero-order valence-electron chi connectivity index (χ0n) is 21.0. The van der Waals surface area contributed by atoms with Crippen LogP contribution in [0.1, 0.15) is 18.5 Å². The molecule has 2 saturated heterocycles. The van der Waals surface area contributed by atoms with Crippen LogP contribution in [0.3, 0.4) is 0 Å². The standard InChI is InChI=1S/C28H28N2O7/c1-5-36-20-14-10-9-13-19(20)29-27(31)22-23(18-15-16-21(33-2)25(35-4)24(18)34-3)30(37-26(22)28(29)32)17-11-7-6-8-12-17/h6-16,22-23,26H,5H2,1-4H3/t22-,23-,26+/m1/s1. The quantitative estimate of drug-likeness (QED) is 0.423. The van der Waals surface area contributed by atoms with Gasteiger partial charge >= 0.3 is 0 Å². The van der Waals surface area contributed by atoms with Crippen LogP contribution in [0.25, 0.3) is 0 Å². The van der Waals surface area contributed by atoms with Gasteiger partial charge in [0, 0.05) is 5.56 Å². The lowest BCUT2D eigenvalue weighted by Crippen LogP contribution is -2.37. The number of carbonyl (C=O) groups is 2. The van der Waals surface area contributed by atoms with E-state index in [0.717, 1.165) is 0 Å². The van der Waals surface area contributed by atoms with Crippen LogP contribution < -0.4 is 28.9 Å². The number of rotatable bonds is 8. The Bertz CT molecular complexity index is 1310. The van der Waals surface area contributed by atoms with E-state index in [1.165, 1.54) is 26.2 Å². The molecule has 0 saturated carbocycles. The summed E-state index contributed by atoms with van der Waals surface area (Å²) in [4.78, 5) is 35.2. The average molecular weight is 505 g/mol. The summed E-state index contributed by atoms with van der Waals surface area (Å²) in [6.07, 6.45) is -1.04. The number of hydrogen-bond donors (Lipinski definition) is 0. The van der Waals surface area contributed by atoms with Gasteiger partial charge in [-0.3, -0.25) is 14.4 Å². The molecule has 0 radical (unpaired) electrons. The van der Waals surface area contributed by atoms with Crippen molar-refractivity contribution in [3.63, 3.8) is 0 Å². The number of hydroxylamine groups is 1. The van der Waals surface area contributed by atoms with Crippen LogP contribution in [-0.2, 0) is 14.4 Å². The predicted octanol–water partition coefficient (Wildman–Crippen LogP) is 4.16. The van der Waals surface area contributed by atoms with Gasteiger partial charge in [0.05, 0.1) is 39.3 Å². The third kappa shape index (κ3) is 3.92. The summed E-state index contributed by atoms with van der Waals surface area (Å²) >= 11 is 0. The lowest BCUT2D eigenvalue weighted by atomic mass is 9.89. The smallest absolute Gasteiger partial charge is 0.266 e. The van der Waals surface area contributed by atoms with Crippen LogP contribution in [0.5, 0.6) is 23.0 Å². The molecule has 3 aromatic rings. The Morgan fingerprint density at radius 2 is 1.49 bits per heavy atom. The van der Waals surface area contributed by atoms with Crippen LogP contribution in [-0.4, -0.2) is 45.9 Å². The zero-order valence-corrected chi connectivity index (χ0v) is 21.0. The number of nitrogens with zero attached hydrogens (tertiary/aromatic N) is 2. The van der Waals surface area contributed by atoms with Crippen molar-refractivity contribution in [1.82, 2.24) is 0 Å². The number of para-hydroxylation sites is 3. The first-order valence-corrected chi connectivity index (χ1v) is 11.9. The Morgan fingerprint density at radius 3 is 2.16 bits per heavy atom. The molecule has 0 spiro atoms. The number of methoxy groups -OCH3 is 3. The molecule has 5 rings (SSSR count). The number of carbonyl (C=O) groups excluding carboxylic acids is 2. The highest BCUT2D eigenvalue weighted by molar-refractivity contribution is 6.24. The Labute approximate surface area is 215 Å². The van der Waals surface area contributed by atoms with Crippen LogP contribution in [0.2, 0.25) is 0 Å². The van der Waals surface area contributed by atoms with Crippen LogP contribution >= 0.6 is 0 Å². The number of imide groups is 1. The third-order valence-corrected chi connectivity index (χ3v) is 6.59. The highest BCUT2D eigenvalue weighted by Gasteiger charge is 2.61. The van der Waals surface area contributed by atoms with Crippen molar-refractivity contribution < 1.29 is 33.4 Å². The van der Waals surface area contributed by atoms with E-state index >= 15 is 0 Å². The van der Waals surface area contributed by atoms with Crippen molar-refractivity contribution in [1.29, 1.82) is 0 Å². The molecule has 0 unspecified atom stereocenters. The maximum atomic E-state index is 14.0. The van der Waals surface area contributed by atoms with Gasteiger partial charge in [0.15, 0.2) is 17.6 Å². The maximum Gasteiger partial charge on any atom is 0.266 e. The van der Waals surface area contributed by atoms with Gasteiger partial charge in [-0.15, -0.1) is 0 Å². The molecule has 2 aliphatic heterocycles. The molecule has 37 heavy (non-hydrogen) atoms. The fraction of sp³-hybridized carbons (Fsp3) is 0.286. The Kier molecular flexibility index (Phi) is 6.62. The SMILES string of the molecule is CCOc1ccccc1N1C(=O)[C@H]2[C@H](ON(c3ccccc3)[C@@H]2c2ccc(OC)c(OC)c2OC)C1=O. The van der Waals surface area contributed by atoms with Gasteiger partial charge in [0.2, 0.25) is 11.7 Å². The molecular formula is C28H28N2O7. The lowest BCUT2D eigenvalue weighted by molar-refractivity contribution is -0.126. The largest absolute Gasteiger partial charge is 0.493 e. The molecular weight excluding hydrogens is 476 g/mol. The van der Waals surface area contributed by atoms with E-state index in [9.17, 15) is 9.59 Å². The molecule has 3 aromatic carbocycles. The normalized spacial score (nSPS) is 20.7. The summed E-state index contributed by atoms with van der Waals surface area (Å²) in [6, 6.07) is 19.2. The first-order chi connectivity index (χ1) is 18.0. The van der Waals surface area contributed by atoms with Gasteiger partial charge < -0.3 is 18.9 Å². The molecule has 192 valence electrons. The number of fused-ring (bicyclic) bond motifs is 1. The molecule has 9 nitrogen and oxygen atoms in total. The summed E-state index contributed by atoms with van der Waals surface area (Å²) in [6.45, 7) is 2.24. The predicted molar refractivity (Wildman–Crippen MR) is 136 cm³/mol. The summed E-state index contributed by atoms with van der Waals surface area (Å²) in [5, 5.41) is 1.61.